The van der Waals surface area contributed by atoms with Crippen LogP contribution < -0.4 is 5.73 Å². The van der Waals surface area contributed by atoms with Crippen LogP contribution in [-0.4, -0.2) is 44.4 Å². The molecule has 154 valence electrons. The van der Waals surface area contributed by atoms with Crippen molar-refractivity contribution in [3.05, 3.63) is 78.8 Å². The minimum atomic E-state index is -0.371. The van der Waals surface area contributed by atoms with E-state index in [-0.39, 0.29) is 19.0 Å². The third kappa shape index (κ3) is 4.29. The van der Waals surface area contributed by atoms with Crippen molar-refractivity contribution in [3.8, 4) is 22.5 Å². The molecule has 4 rings (SSSR count). The summed E-state index contributed by atoms with van der Waals surface area (Å²) in [6.07, 6.45) is 7.76. The minimum absolute atomic E-state index is 0.0606. The first-order chi connectivity index (χ1) is 15.2. The predicted octanol–water partition coefficient (Wildman–Crippen LogP) is 3.26. The standard InChI is InChI=1S/C23H19FN6O/c24-19-6-2-1-4-17(19)20-10-18(16-5-3-7-28-23(16)30-20)22-14-27-13-21(29-22)15(11-25)12-26-8-9-31/h1-7,10-14,31H,8-9,25H2. The zero-order chi connectivity index (χ0) is 21.6. The Kier molecular flexibility index (Phi) is 6.00. The number of pyridine rings is 2. The summed E-state index contributed by atoms with van der Waals surface area (Å²) in [7, 11) is 0. The molecule has 0 amide bonds. The second-order valence-corrected chi connectivity index (χ2v) is 6.58. The van der Waals surface area contributed by atoms with Gasteiger partial charge in [0.05, 0.1) is 42.6 Å². The highest BCUT2D eigenvalue weighted by atomic mass is 19.1. The highest BCUT2D eigenvalue weighted by Gasteiger charge is 2.14. The van der Waals surface area contributed by atoms with E-state index in [0.717, 1.165) is 10.9 Å². The van der Waals surface area contributed by atoms with Gasteiger partial charge in [-0.05, 0) is 30.3 Å². The van der Waals surface area contributed by atoms with Crippen LogP contribution in [0.4, 0.5) is 4.39 Å². The average Bonchev–Trinajstić information content (AvgIpc) is 2.81. The number of aliphatic hydroxyl groups is 1. The zero-order valence-electron chi connectivity index (χ0n) is 16.5. The first kappa shape index (κ1) is 20.2. The number of allylic oxidation sites excluding steroid dienone is 1. The Hall–Kier alpha value is -4.04. The molecule has 0 bridgehead atoms. The summed E-state index contributed by atoms with van der Waals surface area (Å²) >= 11 is 0. The van der Waals surface area contributed by atoms with E-state index in [1.54, 1.807) is 55.1 Å². The summed E-state index contributed by atoms with van der Waals surface area (Å²) in [5.41, 5.74) is 9.40. The molecule has 0 radical (unpaired) electrons. The molecule has 3 aromatic heterocycles. The Balaban J connectivity index is 1.87. The van der Waals surface area contributed by atoms with E-state index in [0.29, 0.717) is 33.9 Å². The number of benzene rings is 1. The van der Waals surface area contributed by atoms with E-state index in [9.17, 15) is 4.39 Å². The average molecular weight is 414 g/mol. The largest absolute Gasteiger partial charge is 0.404 e. The van der Waals surface area contributed by atoms with Crippen LogP contribution in [0.15, 0.2) is 72.2 Å². The molecule has 0 fully saturated rings. The van der Waals surface area contributed by atoms with Gasteiger partial charge < -0.3 is 10.8 Å². The van der Waals surface area contributed by atoms with Gasteiger partial charge in [-0.2, -0.15) is 0 Å². The number of nitrogens with zero attached hydrogens (tertiary/aromatic N) is 5. The number of aromatic nitrogens is 4. The Labute approximate surface area is 177 Å². The van der Waals surface area contributed by atoms with Gasteiger partial charge >= 0.3 is 0 Å². The fraction of sp³-hybridized carbons (Fsp3) is 0.0870. The molecule has 0 spiro atoms. The number of fused-ring (bicyclic) bond motifs is 1. The van der Waals surface area contributed by atoms with Gasteiger partial charge in [0.25, 0.3) is 0 Å². The lowest BCUT2D eigenvalue weighted by molar-refractivity contribution is 0.307. The van der Waals surface area contributed by atoms with Crippen LogP contribution in [0.3, 0.4) is 0 Å². The van der Waals surface area contributed by atoms with Crippen LogP contribution >= 0.6 is 0 Å². The Morgan fingerprint density at radius 2 is 1.94 bits per heavy atom. The molecule has 0 aliphatic rings. The fourth-order valence-electron chi connectivity index (χ4n) is 3.13. The topological polar surface area (TPSA) is 110 Å². The predicted molar refractivity (Wildman–Crippen MR) is 119 cm³/mol. The normalized spacial score (nSPS) is 12.0. The lowest BCUT2D eigenvalue weighted by Crippen LogP contribution is -2.00. The lowest BCUT2D eigenvalue weighted by atomic mass is 10.0. The maximum Gasteiger partial charge on any atom is 0.160 e. The monoisotopic (exact) mass is 414 g/mol. The highest BCUT2D eigenvalue weighted by molar-refractivity contribution is 6.09. The Morgan fingerprint density at radius 3 is 2.74 bits per heavy atom. The van der Waals surface area contributed by atoms with E-state index >= 15 is 0 Å². The van der Waals surface area contributed by atoms with Crippen molar-refractivity contribution in [2.24, 2.45) is 10.7 Å². The van der Waals surface area contributed by atoms with E-state index in [2.05, 4.69) is 24.9 Å². The van der Waals surface area contributed by atoms with Gasteiger partial charge in [0.1, 0.15) is 5.82 Å². The Morgan fingerprint density at radius 1 is 1.06 bits per heavy atom. The van der Waals surface area contributed by atoms with Crippen LogP contribution in [0.5, 0.6) is 0 Å². The molecule has 0 saturated heterocycles. The van der Waals surface area contributed by atoms with Gasteiger partial charge in [0, 0.05) is 40.7 Å². The van der Waals surface area contributed by atoms with Crippen LogP contribution in [0.25, 0.3) is 39.1 Å². The molecular weight excluding hydrogens is 395 g/mol. The Bertz CT molecular complexity index is 1290. The van der Waals surface area contributed by atoms with Gasteiger partial charge in [-0.1, -0.05) is 12.1 Å². The second kappa shape index (κ2) is 9.19. The van der Waals surface area contributed by atoms with Gasteiger partial charge in [0.15, 0.2) is 5.65 Å². The summed E-state index contributed by atoms with van der Waals surface area (Å²) in [6, 6.07) is 11.9. The van der Waals surface area contributed by atoms with Crippen molar-refractivity contribution in [3.63, 3.8) is 0 Å². The summed E-state index contributed by atoms with van der Waals surface area (Å²) in [4.78, 5) is 22.0. The van der Waals surface area contributed by atoms with E-state index in [4.69, 9.17) is 10.8 Å². The van der Waals surface area contributed by atoms with Crippen LogP contribution in [0.2, 0.25) is 0 Å². The quantitative estimate of drug-likeness (QED) is 0.469. The zero-order valence-corrected chi connectivity index (χ0v) is 16.5. The number of halogens is 1. The summed E-state index contributed by atoms with van der Waals surface area (Å²) < 4.78 is 14.4. The first-order valence-corrected chi connectivity index (χ1v) is 9.57. The molecule has 3 heterocycles. The molecule has 0 aliphatic carbocycles. The molecule has 4 aromatic rings. The first-order valence-electron chi connectivity index (χ1n) is 9.57. The number of aliphatic hydroxyl groups excluding tert-OH is 1. The number of nitrogens with two attached hydrogens (primary N) is 1. The second-order valence-electron chi connectivity index (χ2n) is 6.58. The van der Waals surface area contributed by atoms with Gasteiger partial charge in [0.2, 0.25) is 0 Å². The molecule has 31 heavy (non-hydrogen) atoms. The third-order valence-corrected chi connectivity index (χ3v) is 4.58. The number of aliphatic imine (C=N–C) groups is 1. The van der Waals surface area contributed by atoms with E-state index in [1.807, 2.05) is 6.07 Å². The molecule has 0 unspecified atom stereocenters. The lowest BCUT2D eigenvalue weighted by Gasteiger charge is -2.10. The van der Waals surface area contributed by atoms with Gasteiger partial charge in [-0.3, -0.25) is 9.98 Å². The number of hydrogen-bond donors (Lipinski definition) is 2. The molecule has 8 heteroatoms. The molecule has 7 nitrogen and oxygen atoms in total. The maximum atomic E-state index is 14.4. The van der Waals surface area contributed by atoms with Crippen molar-refractivity contribution >= 4 is 22.8 Å². The van der Waals surface area contributed by atoms with E-state index < -0.39 is 0 Å². The van der Waals surface area contributed by atoms with Gasteiger partial charge in [-0.25, -0.2) is 19.3 Å². The highest BCUT2D eigenvalue weighted by Crippen LogP contribution is 2.31. The molecule has 0 aliphatic heterocycles. The van der Waals surface area contributed by atoms with Crippen molar-refractivity contribution in [1.29, 1.82) is 0 Å². The van der Waals surface area contributed by atoms with Crippen molar-refractivity contribution in [2.75, 3.05) is 13.2 Å². The van der Waals surface area contributed by atoms with Gasteiger partial charge in [-0.15, -0.1) is 0 Å². The molecular formula is C23H19FN6O. The van der Waals surface area contributed by atoms with Crippen LogP contribution in [-0.2, 0) is 0 Å². The molecule has 3 N–H and O–H groups in total. The fourth-order valence-corrected chi connectivity index (χ4v) is 3.13. The minimum Gasteiger partial charge on any atom is -0.404 e. The SMILES string of the molecule is NC=C(C=NCCO)c1cncc(-c2cc(-c3ccccc3F)nc3ncccc23)n1. The van der Waals surface area contributed by atoms with Crippen molar-refractivity contribution < 1.29 is 9.50 Å². The summed E-state index contributed by atoms with van der Waals surface area (Å²) in [5.74, 6) is -0.371. The smallest absolute Gasteiger partial charge is 0.160 e. The molecule has 0 saturated carbocycles. The third-order valence-electron chi connectivity index (χ3n) is 4.58. The summed E-state index contributed by atoms with van der Waals surface area (Å²) in [5, 5.41) is 9.69. The number of hydrogen-bond acceptors (Lipinski definition) is 7. The molecule has 1 aromatic carbocycles. The molecule has 0 atom stereocenters. The van der Waals surface area contributed by atoms with E-state index in [1.165, 1.54) is 12.3 Å². The number of rotatable bonds is 6. The van der Waals surface area contributed by atoms with Crippen molar-refractivity contribution in [1.82, 2.24) is 19.9 Å². The van der Waals surface area contributed by atoms with Crippen molar-refractivity contribution in [2.45, 2.75) is 0 Å². The van der Waals surface area contributed by atoms with Crippen LogP contribution in [0.1, 0.15) is 5.69 Å². The maximum absolute atomic E-state index is 14.4. The van der Waals surface area contributed by atoms with Crippen LogP contribution in [0, 0.1) is 5.82 Å². The summed E-state index contributed by atoms with van der Waals surface area (Å²) in [6.45, 7) is 0.200.